The van der Waals surface area contributed by atoms with Gasteiger partial charge >= 0.3 is 0 Å². The Bertz CT molecular complexity index is 718. The summed E-state index contributed by atoms with van der Waals surface area (Å²) in [6.45, 7) is 8.36. The number of amides is 1. The van der Waals surface area contributed by atoms with Crippen LogP contribution in [0.3, 0.4) is 0 Å². The SMILES string of the molecule is CC(=O)N1CC(C)Oc2ccc(S(=O)(=O)NCCCOC(C)C)cc21. The molecule has 0 aromatic heterocycles. The molecule has 1 unspecified atom stereocenters. The molecule has 2 rings (SSSR count). The number of ether oxygens (including phenoxy) is 2. The van der Waals surface area contributed by atoms with E-state index in [-0.39, 0.29) is 29.6 Å². The average molecular weight is 370 g/mol. The summed E-state index contributed by atoms with van der Waals surface area (Å²) in [4.78, 5) is 13.5. The number of nitrogens with one attached hydrogen (secondary N) is 1. The molecule has 0 saturated carbocycles. The summed E-state index contributed by atoms with van der Waals surface area (Å²) in [7, 11) is -3.66. The molecule has 0 radical (unpaired) electrons. The smallest absolute Gasteiger partial charge is 0.240 e. The molecule has 0 saturated heterocycles. The van der Waals surface area contributed by atoms with Crippen molar-refractivity contribution in [2.24, 2.45) is 0 Å². The summed E-state index contributed by atoms with van der Waals surface area (Å²) in [5.74, 6) is 0.364. The zero-order valence-electron chi connectivity index (χ0n) is 15.1. The van der Waals surface area contributed by atoms with Crippen LogP contribution in [0, 0.1) is 0 Å². The van der Waals surface area contributed by atoms with Crippen molar-refractivity contribution in [2.45, 2.75) is 51.2 Å². The van der Waals surface area contributed by atoms with Crippen LogP contribution in [0.4, 0.5) is 5.69 Å². The van der Waals surface area contributed by atoms with Crippen molar-refractivity contribution < 1.29 is 22.7 Å². The zero-order valence-corrected chi connectivity index (χ0v) is 15.9. The first-order valence-corrected chi connectivity index (χ1v) is 9.89. The number of sulfonamides is 1. The van der Waals surface area contributed by atoms with Gasteiger partial charge in [0.05, 0.1) is 23.2 Å². The molecule has 1 aliphatic rings. The minimum atomic E-state index is -3.66. The number of carbonyl (C=O) groups excluding carboxylic acids is 1. The van der Waals surface area contributed by atoms with Gasteiger partial charge in [-0.05, 0) is 45.4 Å². The van der Waals surface area contributed by atoms with Gasteiger partial charge < -0.3 is 14.4 Å². The Kier molecular flexibility index (Phi) is 6.42. The van der Waals surface area contributed by atoms with Crippen molar-refractivity contribution in [3.05, 3.63) is 18.2 Å². The fourth-order valence-electron chi connectivity index (χ4n) is 2.56. The highest BCUT2D eigenvalue weighted by molar-refractivity contribution is 7.89. The number of fused-ring (bicyclic) bond motifs is 1. The summed E-state index contributed by atoms with van der Waals surface area (Å²) in [5, 5.41) is 0. The number of carbonyl (C=O) groups is 1. The standard InChI is InChI=1S/C17H26N2O5S/c1-12(2)23-9-5-8-18-25(21,22)15-6-7-17-16(10-15)19(14(4)20)11-13(3)24-17/h6-7,10,12-13,18H,5,8-9,11H2,1-4H3. The third-order valence-electron chi connectivity index (χ3n) is 3.74. The monoisotopic (exact) mass is 370 g/mol. The quantitative estimate of drug-likeness (QED) is 0.741. The molecule has 1 aromatic carbocycles. The first kappa shape index (κ1) is 19.7. The highest BCUT2D eigenvalue weighted by atomic mass is 32.2. The molecule has 8 heteroatoms. The van der Waals surface area contributed by atoms with Crippen LogP contribution in [0.2, 0.25) is 0 Å². The van der Waals surface area contributed by atoms with Crippen LogP contribution in [0.1, 0.15) is 34.1 Å². The van der Waals surface area contributed by atoms with Gasteiger partial charge in [0.15, 0.2) is 0 Å². The molecule has 1 aliphatic heterocycles. The maximum atomic E-state index is 12.5. The first-order chi connectivity index (χ1) is 11.7. The number of rotatable bonds is 7. The summed E-state index contributed by atoms with van der Waals surface area (Å²) < 4.78 is 38.6. The molecule has 1 aromatic rings. The second kappa shape index (κ2) is 8.16. The number of nitrogens with zero attached hydrogens (tertiary/aromatic N) is 1. The van der Waals surface area contributed by atoms with Crippen molar-refractivity contribution in [3.63, 3.8) is 0 Å². The fourth-order valence-corrected chi connectivity index (χ4v) is 3.66. The van der Waals surface area contributed by atoms with Crippen molar-refractivity contribution in [3.8, 4) is 5.75 Å². The number of hydrogen-bond donors (Lipinski definition) is 1. The third kappa shape index (κ3) is 5.17. The van der Waals surface area contributed by atoms with Crippen LogP contribution in [-0.4, -0.2) is 46.2 Å². The van der Waals surface area contributed by atoms with Crippen molar-refractivity contribution >= 4 is 21.6 Å². The Morgan fingerprint density at radius 2 is 2.16 bits per heavy atom. The molecular formula is C17H26N2O5S. The highest BCUT2D eigenvalue weighted by Gasteiger charge is 2.27. The van der Waals surface area contributed by atoms with Gasteiger partial charge in [-0.1, -0.05) is 0 Å². The lowest BCUT2D eigenvalue weighted by Gasteiger charge is -2.33. The molecule has 0 spiro atoms. The Morgan fingerprint density at radius 1 is 1.44 bits per heavy atom. The largest absolute Gasteiger partial charge is 0.487 e. The normalized spacial score (nSPS) is 17.3. The van der Waals surface area contributed by atoms with Crippen LogP contribution in [0.5, 0.6) is 5.75 Å². The van der Waals surface area contributed by atoms with E-state index in [1.807, 2.05) is 20.8 Å². The summed E-state index contributed by atoms with van der Waals surface area (Å²) in [6, 6.07) is 4.56. The molecule has 1 N–H and O–H groups in total. The summed E-state index contributed by atoms with van der Waals surface area (Å²) in [6.07, 6.45) is 0.567. The van der Waals surface area contributed by atoms with E-state index in [2.05, 4.69) is 4.72 Å². The van der Waals surface area contributed by atoms with E-state index in [1.165, 1.54) is 19.1 Å². The second-order valence-electron chi connectivity index (χ2n) is 6.36. The van der Waals surface area contributed by atoms with E-state index in [0.29, 0.717) is 31.0 Å². The average Bonchev–Trinajstić information content (AvgIpc) is 2.52. The minimum Gasteiger partial charge on any atom is -0.487 e. The number of benzene rings is 1. The molecular weight excluding hydrogens is 344 g/mol. The topological polar surface area (TPSA) is 84.9 Å². The van der Waals surface area contributed by atoms with E-state index >= 15 is 0 Å². The van der Waals surface area contributed by atoms with Crippen LogP contribution in [0.25, 0.3) is 0 Å². The molecule has 140 valence electrons. The molecule has 0 fully saturated rings. The maximum absolute atomic E-state index is 12.5. The van der Waals surface area contributed by atoms with Gasteiger partial charge in [0.1, 0.15) is 11.9 Å². The number of hydrogen-bond acceptors (Lipinski definition) is 5. The van der Waals surface area contributed by atoms with E-state index in [4.69, 9.17) is 9.47 Å². The Labute approximate surface area is 149 Å². The van der Waals surface area contributed by atoms with Crippen LogP contribution >= 0.6 is 0 Å². The molecule has 1 amide bonds. The summed E-state index contributed by atoms with van der Waals surface area (Å²) in [5.41, 5.74) is 0.483. The Balaban J connectivity index is 2.12. The fraction of sp³-hybridized carbons (Fsp3) is 0.588. The molecule has 7 nitrogen and oxygen atoms in total. The predicted molar refractivity (Wildman–Crippen MR) is 95.5 cm³/mol. The lowest BCUT2D eigenvalue weighted by molar-refractivity contribution is -0.117. The lowest BCUT2D eigenvalue weighted by atomic mass is 10.2. The molecule has 25 heavy (non-hydrogen) atoms. The van der Waals surface area contributed by atoms with Gasteiger partial charge in [0, 0.05) is 20.1 Å². The molecule has 1 atom stereocenters. The maximum Gasteiger partial charge on any atom is 0.240 e. The van der Waals surface area contributed by atoms with Crippen LogP contribution in [-0.2, 0) is 19.6 Å². The third-order valence-corrected chi connectivity index (χ3v) is 5.20. The first-order valence-electron chi connectivity index (χ1n) is 8.41. The lowest BCUT2D eigenvalue weighted by Crippen LogP contribution is -2.41. The predicted octanol–water partition coefficient (Wildman–Crippen LogP) is 1.91. The van der Waals surface area contributed by atoms with Crippen molar-refractivity contribution in [1.82, 2.24) is 4.72 Å². The van der Waals surface area contributed by atoms with E-state index in [0.717, 1.165) is 0 Å². The highest BCUT2D eigenvalue weighted by Crippen LogP contribution is 2.35. The Hall–Kier alpha value is -1.64. The molecule has 1 heterocycles. The van der Waals surface area contributed by atoms with Gasteiger partial charge in [0.2, 0.25) is 15.9 Å². The van der Waals surface area contributed by atoms with Crippen LogP contribution in [0.15, 0.2) is 23.1 Å². The Morgan fingerprint density at radius 3 is 2.80 bits per heavy atom. The van der Waals surface area contributed by atoms with Crippen molar-refractivity contribution in [1.29, 1.82) is 0 Å². The molecule has 0 bridgehead atoms. The van der Waals surface area contributed by atoms with Gasteiger partial charge in [-0.2, -0.15) is 0 Å². The van der Waals surface area contributed by atoms with Gasteiger partial charge in [-0.3, -0.25) is 4.79 Å². The van der Waals surface area contributed by atoms with E-state index < -0.39 is 10.0 Å². The van der Waals surface area contributed by atoms with E-state index in [1.54, 1.807) is 11.0 Å². The number of anilines is 1. The molecule has 0 aliphatic carbocycles. The zero-order chi connectivity index (χ0) is 18.6. The van der Waals surface area contributed by atoms with Gasteiger partial charge in [-0.25, -0.2) is 13.1 Å². The summed E-state index contributed by atoms with van der Waals surface area (Å²) >= 11 is 0. The second-order valence-corrected chi connectivity index (χ2v) is 8.13. The van der Waals surface area contributed by atoms with Crippen LogP contribution < -0.4 is 14.4 Å². The minimum absolute atomic E-state index is 0.112. The van der Waals surface area contributed by atoms with E-state index in [9.17, 15) is 13.2 Å². The van der Waals surface area contributed by atoms with Gasteiger partial charge in [-0.15, -0.1) is 0 Å². The van der Waals surface area contributed by atoms with Crippen molar-refractivity contribution in [2.75, 3.05) is 24.6 Å². The van der Waals surface area contributed by atoms with Gasteiger partial charge in [0.25, 0.3) is 0 Å².